The molecule has 0 saturated carbocycles. The van der Waals surface area contributed by atoms with Crippen LogP contribution < -0.4 is 14.2 Å². The molecule has 1 saturated heterocycles. The van der Waals surface area contributed by atoms with E-state index in [1.165, 1.54) is 27.8 Å². The molecule has 2 aliphatic rings. The van der Waals surface area contributed by atoms with Gasteiger partial charge in [-0.2, -0.15) is 0 Å². The molecule has 37 heavy (non-hydrogen) atoms. The number of methoxy groups -OCH3 is 3. The van der Waals surface area contributed by atoms with E-state index in [1.54, 1.807) is 26.9 Å². The highest BCUT2D eigenvalue weighted by Gasteiger charge is 2.22. The molecule has 3 aromatic carbocycles. The molecule has 1 aliphatic carbocycles. The van der Waals surface area contributed by atoms with Crippen LogP contribution in [0.5, 0.6) is 17.2 Å². The van der Waals surface area contributed by atoms with Crippen molar-refractivity contribution in [1.29, 1.82) is 0 Å². The third-order valence-electron chi connectivity index (χ3n) is 7.08. The van der Waals surface area contributed by atoms with E-state index in [1.807, 2.05) is 12.1 Å². The Balaban J connectivity index is 0.00000320. The van der Waals surface area contributed by atoms with Crippen LogP contribution in [0.4, 0.5) is 0 Å². The van der Waals surface area contributed by atoms with Gasteiger partial charge in [0.2, 0.25) is 5.75 Å². The minimum atomic E-state index is 0. The maximum absolute atomic E-state index is 5.49. The first kappa shape index (κ1) is 26.6. The summed E-state index contributed by atoms with van der Waals surface area (Å²) in [4.78, 5) is 2.52. The zero-order valence-electron chi connectivity index (χ0n) is 21.7. The van der Waals surface area contributed by atoms with Gasteiger partial charge in [0.05, 0.1) is 21.3 Å². The van der Waals surface area contributed by atoms with E-state index < -0.39 is 0 Å². The molecule has 1 aliphatic heterocycles. The molecule has 0 atom stereocenters. The van der Waals surface area contributed by atoms with Crippen LogP contribution in [0.3, 0.4) is 0 Å². The summed E-state index contributed by atoms with van der Waals surface area (Å²) >= 11 is 0. The predicted molar refractivity (Wildman–Crippen MR) is 156 cm³/mol. The molecule has 0 aromatic heterocycles. The Labute approximate surface area is 226 Å². The number of nitrogens with zero attached hydrogens (tertiary/aromatic N) is 1. The van der Waals surface area contributed by atoms with Gasteiger partial charge in [0.25, 0.3) is 0 Å². The smallest absolute Gasteiger partial charge is 0.203 e. The minimum Gasteiger partial charge on any atom is -0.493 e. The van der Waals surface area contributed by atoms with Crippen molar-refractivity contribution in [3.8, 4) is 17.2 Å². The second-order valence-electron chi connectivity index (χ2n) is 9.15. The van der Waals surface area contributed by atoms with Gasteiger partial charge in [-0.05, 0) is 58.4 Å². The number of benzene rings is 3. The van der Waals surface area contributed by atoms with Crippen LogP contribution in [0.25, 0.3) is 23.8 Å². The van der Waals surface area contributed by atoms with E-state index in [0.29, 0.717) is 17.2 Å². The van der Waals surface area contributed by atoms with Crippen molar-refractivity contribution in [2.75, 3.05) is 41.0 Å². The minimum absolute atomic E-state index is 0. The van der Waals surface area contributed by atoms with Crippen LogP contribution in [0.2, 0.25) is 0 Å². The standard InChI is InChI=1S/C32H33NO3.ClH/c1-34-29-21-23(22-30(35-2)32(29)36-3)9-8-18-33-19-16-26(17-20-33)31-27-12-6-4-10-24(27)14-15-25-11-5-7-13-28(25)31;/h4-15,21-22H,16-20H2,1-3H3;1H. The van der Waals surface area contributed by atoms with Gasteiger partial charge in [-0.1, -0.05) is 78.4 Å². The summed E-state index contributed by atoms with van der Waals surface area (Å²) in [5.41, 5.74) is 9.32. The summed E-state index contributed by atoms with van der Waals surface area (Å²) in [5.74, 6) is 1.96. The SMILES string of the molecule is COc1cc(C=CCN2CCC(=C3c4ccccc4C=Cc4ccccc43)CC2)cc(OC)c1OC.Cl. The average molecular weight is 516 g/mol. The first-order chi connectivity index (χ1) is 17.7. The number of halogens is 1. The molecule has 0 N–H and O–H groups in total. The van der Waals surface area contributed by atoms with Crippen molar-refractivity contribution >= 4 is 36.2 Å². The molecule has 0 unspecified atom stereocenters. The summed E-state index contributed by atoms with van der Waals surface area (Å²) < 4.78 is 16.4. The summed E-state index contributed by atoms with van der Waals surface area (Å²) in [6.45, 7) is 3.01. The Morgan fingerprint density at radius 2 is 1.30 bits per heavy atom. The van der Waals surface area contributed by atoms with Crippen molar-refractivity contribution < 1.29 is 14.2 Å². The van der Waals surface area contributed by atoms with E-state index in [-0.39, 0.29) is 12.4 Å². The fraction of sp³-hybridized carbons (Fsp3) is 0.250. The van der Waals surface area contributed by atoms with Gasteiger partial charge in [0.15, 0.2) is 11.5 Å². The molecule has 0 bridgehead atoms. The van der Waals surface area contributed by atoms with Crippen LogP contribution in [-0.2, 0) is 0 Å². The van der Waals surface area contributed by atoms with E-state index >= 15 is 0 Å². The number of piperidine rings is 1. The van der Waals surface area contributed by atoms with Gasteiger partial charge >= 0.3 is 0 Å². The molecule has 0 radical (unpaired) electrons. The molecule has 1 heterocycles. The lowest BCUT2D eigenvalue weighted by Gasteiger charge is -2.29. The second-order valence-corrected chi connectivity index (χ2v) is 9.15. The largest absolute Gasteiger partial charge is 0.493 e. The van der Waals surface area contributed by atoms with Crippen LogP contribution in [0.1, 0.15) is 40.7 Å². The number of likely N-dealkylation sites (tertiary alicyclic amines) is 1. The number of hydrogen-bond acceptors (Lipinski definition) is 4. The second kappa shape index (κ2) is 12.2. The Morgan fingerprint density at radius 1 is 0.757 bits per heavy atom. The first-order valence-corrected chi connectivity index (χ1v) is 12.5. The van der Waals surface area contributed by atoms with Gasteiger partial charge in [0, 0.05) is 19.6 Å². The van der Waals surface area contributed by atoms with E-state index in [2.05, 4.69) is 77.7 Å². The van der Waals surface area contributed by atoms with Crippen LogP contribution >= 0.6 is 12.4 Å². The van der Waals surface area contributed by atoms with Gasteiger partial charge in [0.1, 0.15) is 0 Å². The molecule has 0 amide bonds. The van der Waals surface area contributed by atoms with E-state index in [0.717, 1.165) is 38.0 Å². The van der Waals surface area contributed by atoms with Crippen LogP contribution in [0.15, 0.2) is 72.3 Å². The average Bonchev–Trinajstić information content (AvgIpc) is 3.10. The van der Waals surface area contributed by atoms with Gasteiger partial charge < -0.3 is 14.2 Å². The highest BCUT2D eigenvalue weighted by molar-refractivity contribution is 5.94. The summed E-state index contributed by atoms with van der Waals surface area (Å²) in [6.07, 6.45) is 11.0. The van der Waals surface area contributed by atoms with Crippen molar-refractivity contribution in [1.82, 2.24) is 4.90 Å². The van der Waals surface area contributed by atoms with Crippen molar-refractivity contribution in [2.45, 2.75) is 12.8 Å². The van der Waals surface area contributed by atoms with Crippen LogP contribution in [-0.4, -0.2) is 45.9 Å². The fourth-order valence-corrected chi connectivity index (χ4v) is 5.24. The highest BCUT2D eigenvalue weighted by Crippen LogP contribution is 2.40. The van der Waals surface area contributed by atoms with Gasteiger partial charge in [-0.15, -0.1) is 12.4 Å². The third kappa shape index (κ3) is 5.61. The first-order valence-electron chi connectivity index (χ1n) is 12.5. The lowest BCUT2D eigenvalue weighted by molar-refractivity contribution is 0.284. The summed E-state index contributed by atoms with van der Waals surface area (Å²) in [6, 6.07) is 21.5. The number of ether oxygens (including phenoxy) is 3. The van der Waals surface area contributed by atoms with E-state index in [9.17, 15) is 0 Å². The predicted octanol–water partition coefficient (Wildman–Crippen LogP) is 7.23. The maximum atomic E-state index is 5.49. The Hall–Kier alpha value is -3.47. The Morgan fingerprint density at radius 3 is 1.81 bits per heavy atom. The number of hydrogen-bond donors (Lipinski definition) is 0. The monoisotopic (exact) mass is 515 g/mol. The van der Waals surface area contributed by atoms with Crippen LogP contribution in [0, 0.1) is 0 Å². The molecular weight excluding hydrogens is 482 g/mol. The quantitative estimate of drug-likeness (QED) is 0.271. The third-order valence-corrected chi connectivity index (χ3v) is 7.08. The molecular formula is C32H34ClNO3. The lowest BCUT2D eigenvalue weighted by Crippen LogP contribution is -2.31. The fourth-order valence-electron chi connectivity index (χ4n) is 5.24. The zero-order valence-corrected chi connectivity index (χ0v) is 22.5. The van der Waals surface area contributed by atoms with E-state index in [4.69, 9.17) is 14.2 Å². The lowest BCUT2D eigenvalue weighted by atomic mass is 9.86. The molecule has 1 fully saturated rings. The summed E-state index contributed by atoms with van der Waals surface area (Å²) in [7, 11) is 4.91. The zero-order chi connectivity index (χ0) is 24.9. The molecule has 5 heteroatoms. The van der Waals surface area contributed by atoms with Gasteiger partial charge in [-0.25, -0.2) is 0 Å². The maximum Gasteiger partial charge on any atom is 0.203 e. The van der Waals surface area contributed by atoms with Crippen molar-refractivity contribution in [3.05, 3.63) is 100 Å². The highest BCUT2D eigenvalue weighted by atomic mass is 35.5. The number of fused-ring (bicyclic) bond motifs is 2. The molecule has 192 valence electrons. The summed E-state index contributed by atoms with van der Waals surface area (Å²) in [5, 5.41) is 0. The molecule has 0 spiro atoms. The van der Waals surface area contributed by atoms with Crippen molar-refractivity contribution in [2.24, 2.45) is 0 Å². The van der Waals surface area contributed by atoms with Crippen molar-refractivity contribution in [3.63, 3.8) is 0 Å². The van der Waals surface area contributed by atoms with Gasteiger partial charge in [-0.3, -0.25) is 4.90 Å². The number of rotatable bonds is 6. The Kier molecular flexibility index (Phi) is 8.75. The topological polar surface area (TPSA) is 30.9 Å². The molecule has 5 rings (SSSR count). The molecule has 4 nitrogen and oxygen atoms in total. The normalized spacial score (nSPS) is 15.0. The Bertz CT molecular complexity index is 1250. The molecule has 3 aromatic rings.